The van der Waals surface area contributed by atoms with Gasteiger partial charge in [0, 0.05) is 14.5 Å². The molecule has 2 heterocycles. The normalized spacial score (nSPS) is 25.8. The number of ether oxygens (including phenoxy) is 2. The number of amides is 4. The zero-order valence-corrected chi connectivity index (χ0v) is 32.5. The number of fused-ring (bicyclic) bond motifs is 4. The molecule has 6 atom stereocenters. The minimum absolute atomic E-state index is 0.104. The Morgan fingerprint density at radius 3 is 2.18 bits per heavy atom. The number of halogens is 3. The number of carbonyl (C=O) groups excluding carboxylic acids is 4. The molecule has 10 nitrogen and oxygen atoms in total. The Bertz CT molecular complexity index is 2270. The molecule has 2 aliphatic carbocycles. The molecule has 4 aromatic carbocycles. The lowest BCUT2D eigenvalue weighted by Gasteiger charge is -2.49. The number of phenols is 1. The third-order valence-corrected chi connectivity index (χ3v) is 12.4. The van der Waals surface area contributed by atoms with Crippen LogP contribution in [0.1, 0.15) is 24.0 Å². The first-order valence-corrected chi connectivity index (χ1v) is 19.1. The molecule has 280 valence electrons. The number of phenolic OH excluding ortho intramolecular Hbond substituents is 1. The Balaban J connectivity index is 1.31. The molecule has 0 spiro atoms. The maximum Gasteiger partial charge on any atom is 0.260 e. The number of carbonyl (C=O) groups is 4. The first-order chi connectivity index (χ1) is 26.5. The average Bonchev–Trinajstić information content (AvgIpc) is 3.56. The molecule has 8 rings (SSSR count). The van der Waals surface area contributed by atoms with Gasteiger partial charge in [0.05, 0.1) is 48.8 Å². The predicted octanol–water partition coefficient (Wildman–Crippen LogP) is 7.54. The fraction of sp³-hybridized carbons (Fsp3) is 0.238. The molecule has 2 saturated heterocycles. The van der Waals surface area contributed by atoms with Gasteiger partial charge in [-0.2, -0.15) is 5.01 Å². The number of methoxy groups -OCH3 is 2. The van der Waals surface area contributed by atoms with Crippen molar-refractivity contribution in [2.45, 2.75) is 18.3 Å². The van der Waals surface area contributed by atoms with Crippen molar-refractivity contribution in [2.24, 2.45) is 29.6 Å². The molecule has 6 unspecified atom stereocenters. The molecule has 4 aliphatic rings. The highest BCUT2D eigenvalue weighted by atomic mass is 127. The van der Waals surface area contributed by atoms with Crippen LogP contribution in [0, 0.1) is 39.0 Å². The molecule has 4 aromatic rings. The molecule has 1 saturated carbocycles. The number of aromatic hydroxyl groups is 1. The average molecular weight is 874 g/mol. The molecule has 3 fully saturated rings. The van der Waals surface area contributed by atoms with Gasteiger partial charge >= 0.3 is 0 Å². The van der Waals surface area contributed by atoms with E-state index in [2.05, 4.69) is 28.0 Å². The Morgan fingerprint density at radius 2 is 1.55 bits per heavy atom. The van der Waals surface area contributed by atoms with Crippen molar-refractivity contribution in [3.63, 3.8) is 0 Å². The summed E-state index contributed by atoms with van der Waals surface area (Å²) in [6.07, 6.45) is 5.94. The van der Waals surface area contributed by atoms with E-state index in [1.165, 1.54) is 43.4 Å². The van der Waals surface area contributed by atoms with Crippen molar-refractivity contribution in [3.8, 4) is 17.2 Å². The largest absolute Gasteiger partial charge is 0.502 e. The molecular weight excluding hydrogens is 840 g/mol. The van der Waals surface area contributed by atoms with E-state index in [4.69, 9.17) is 21.1 Å². The minimum atomic E-state index is -1.53. The molecule has 0 radical (unpaired) electrons. The molecule has 13 heteroatoms. The predicted molar refractivity (Wildman–Crippen MR) is 212 cm³/mol. The quantitative estimate of drug-likeness (QED) is 0.106. The number of nitrogens with one attached hydrogen (secondary N) is 1. The third-order valence-electron chi connectivity index (χ3n) is 11.4. The van der Waals surface area contributed by atoms with Crippen LogP contribution in [-0.4, -0.2) is 48.0 Å². The fourth-order valence-corrected chi connectivity index (χ4v) is 9.45. The molecule has 0 aromatic heterocycles. The Kier molecular flexibility index (Phi) is 9.44. The summed E-state index contributed by atoms with van der Waals surface area (Å²) in [5, 5.41) is 12.1. The minimum Gasteiger partial charge on any atom is -0.502 e. The number of allylic oxidation sites excluding steroid dienone is 3. The van der Waals surface area contributed by atoms with Gasteiger partial charge in [-0.25, -0.2) is 4.39 Å². The van der Waals surface area contributed by atoms with Gasteiger partial charge in [-0.05, 0) is 125 Å². The highest BCUT2D eigenvalue weighted by Crippen LogP contribution is 2.62. The molecule has 2 aliphatic heterocycles. The second-order valence-corrected chi connectivity index (χ2v) is 15.7. The van der Waals surface area contributed by atoms with Crippen molar-refractivity contribution < 1.29 is 38.1 Å². The second-order valence-electron chi connectivity index (χ2n) is 14.0. The third kappa shape index (κ3) is 5.88. The highest BCUT2D eigenvalue weighted by Gasteiger charge is 2.69. The van der Waals surface area contributed by atoms with E-state index >= 15 is 4.79 Å². The summed E-state index contributed by atoms with van der Waals surface area (Å²) in [5.41, 5.74) is 4.08. The Hall–Kier alpha value is -5.21. The van der Waals surface area contributed by atoms with E-state index in [0.717, 1.165) is 14.2 Å². The van der Waals surface area contributed by atoms with Crippen molar-refractivity contribution >= 4 is 75.3 Å². The molecule has 2 N–H and O–H groups in total. The summed E-state index contributed by atoms with van der Waals surface area (Å²) >= 11 is 8.54. The van der Waals surface area contributed by atoms with Gasteiger partial charge in [0.25, 0.3) is 11.8 Å². The van der Waals surface area contributed by atoms with Gasteiger partial charge in [0.2, 0.25) is 17.6 Å². The zero-order chi connectivity index (χ0) is 38.8. The summed E-state index contributed by atoms with van der Waals surface area (Å²) in [7, 11) is 2.84. The first-order valence-electron chi connectivity index (χ1n) is 17.6. The first kappa shape index (κ1) is 36.8. The van der Waals surface area contributed by atoms with Crippen LogP contribution in [0.2, 0.25) is 5.02 Å². The van der Waals surface area contributed by atoms with Gasteiger partial charge in [0.1, 0.15) is 5.82 Å². The van der Waals surface area contributed by atoms with Crippen molar-refractivity contribution in [1.82, 2.24) is 5.01 Å². The number of imide groups is 2. The second kappa shape index (κ2) is 14.1. The van der Waals surface area contributed by atoms with E-state index < -0.39 is 52.6 Å². The lowest BCUT2D eigenvalue weighted by molar-refractivity contribution is -0.139. The number of hydrazine groups is 1. The van der Waals surface area contributed by atoms with Crippen molar-refractivity contribution in [2.75, 3.05) is 24.5 Å². The van der Waals surface area contributed by atoms with Gasteiger partial charge in [-0.3, -0.25) is 29.5 Å². The smallest absolute Gasteiger partial charge is 0.260 e. The van der Waals surface area contributed by atoms with E-state index in [9.17, 15) is 23.9 Å². The van der Waals surface area contributed by atoms with E-state index in [-0.39, 0.29) is 41.9 Å². The van der Waals surface area contributed by atoms with Gasteiger partial charge in [0.15, 0.2) is 11.5 Å². The van der Waals surface area contributed by atoms with Gasteiger partial charge in [-0.15, -0.1) is 0 Å². The van der Waals surface area contributed by atoms with E-state index in [1.807, 2.05) is 24.3 Å². The number of rotatable bonds is 8. The Labute approximate surface area is 334 Å². The maximum atomic E-state index is 15.3. The summed E-state index contributed by atoms with van der Waals surface area (Å²) in [6, 6.07) is 22.6. The van der Waals surface area contributed by atoms with Crippen LogP contribution in [0.4, 0.5) is 15.8 Å². The lowest BCUT2D eigenvalue weighted by atomic mass is 9.50. The lowest BCUT2D eigenvalue weighted by Crippen LogP contribution is -2.54. The van der Waals surface area contributed by atoms with Gasteiger partial charge in [-0.1, -0.05) is 47.5 Å². The summed E-state index contributed by atoms with van der Waals surface area (Å²) in [6.45, 7) is 0. The van der Waals surface area contributed by atoms with Crippen LogP contribution in [0.15, 0.2) is 103 Å². The van der Waals surface area contributed by atoms with E-state index in [1.54, 1.807) is 54.6 Å². The monoisotopic (exact) mass is 873 g/mol. The molecule has 4 amide bonds. The zero-order valence-electron chi connectivity index (χ0n) is 29.5. The fourth-order valence-electron chi connectivity index (χ4n) is 8.96. The van der Waals surface area contributed by atoms with Crippen molar-refractivity contribution in [3.05, 3.63) is 128 Å². The van der Waals surface area contributed by atoms with Crippen LogP contribution >= 0.6 is 34.2 Å². The van der Waals surface area contributed by atoms with Crippen molar-refractivity contribution in [1.29, 1.82) is 0 Å². The number of benzene rings is 4. The molecular formula is C42H34ClFIN3O7. The molecule has 55 heavy (non-hydrogen) atoms. The standard InChI is InChI=1S/C42H34ClFIN3O7/c1-54-34-19-22(20-35(55-2)37(34)49)3-18-32-29-16-17-30-36(40(52)47(38(30)50)28-14-10-26(45)11-15-28)31(29)21-33-39(51)48(46-27-12-8-25(44)9-13-27)41(53)42(32,33)23-4-6-24(43)7-5-23/h3-16,18-20,30-33,36,46,49H,17,21H2,1-2H3. The summed E-state index contributed by atoms with van der Waals surface area (Å²) in [5.74, 6) is -5.86. The van der Waals surface area contributed by atoms with Crippen LogP contribution in [0.3, 0.4) is 0 Å². The topological polar surface area (TPSA) is 125 Å². The number of hydrogen-bond donors (Lipinski definition) is 2. The Morgan fingerprint density at radius 1 is 0.891 bits per heavy atom. The number of nitrogens with zero attached hydrogens (tertiary/aromatic N) is 2. The van der Waals surface area contributed by atoms with Crippen LogP contribution in [-0.2, 0) is 24.6 Å². The summed E-state index contributed by atoms with van der Waals surface area (Å²) in [4.78, 5) is 59.8. The summed E-state index contributed by atoms with van der Waals surface area (Å²) < 4.78 is 25.7. The van der Waals surface area contributed by atoms with Gasteiger partial charge < -0.3 is 14.6 Å². The molecule has 0 bridgehead atoms. The SMILES string of the molecule is COc1cc(C=CC2C3=CCC4C(=O)N(c5ccc(I)cc5)C(=O)C4C3CC3C(=O)N(Nc4ccc(F)cc4)C(=O)C23c2ccc(Cl)cc2)cc(OC)c1O. The highest BCUT2D eigenvalue weighted by molar-refractivity contribution is 14.1. The number of hydrogen-bond acceptors (Lipinski definition) is 8. The number of anilines is 2. The van der Waals surface area contributed by atoms with E-state index in [0.29, 0.717) is 27.5 Å². The van der Waals surface area contributed by atoms with Crippen LogP contribution in [0.5, 0.6) is 17.2 Å². The maximum absolute atomic E-state index is 15.3. The van der Waals surface area contributed by atoms with Crippen LogP contribution in [0.25, 0.3) is 6.08 Å². The van der Waals surface area contributed by atoms with Crippen LogP contribution < -0.4 is 19.8 Å².